The molecule has 1 aromatic heterocycles. The van der Waals surface area contributed by atoms with Crippen molar-refractivity contribution in [3.05, 3.63) is 18.0 Å². The summed E-state index contributed by atoms with van der Waals surface area (Å²) in [5, 5.41) is 4.15. The molecule has 1 rings (SSSR count). The Morgan fingerprint density at radius 1 is 1.50 bits per heavy atom. The van der Waals surface area contributed by atoms with Crippen LogP contribution in [-0.4, -0.2) is 14.6 Å². The van der Waals surface area contributed by atoms with Crippen molar-refractivity contribution < 1.29 is 0 Å². The zero-order chi connectivity index (χ0) is 10.6. The highest BCUT2D eigenvalue weighted by Crippen LogP contribution is 2.18. The van der Waals surface area contributed by atoms with E-state index >= 15 is 0 Å². The molecule has 0 aliphatic heterocycles. The molecule has 0 radical (unpaired) electrons. The zero-order valence-electron chi connectivity index (χ0n) is 9.20. The van der Waals surface area contributed by atoms with Crippen LogP contribution in [0.5, 0.6) is 0 Å². The molecule has 0 aromatic carbocycles. The van der Waals surface area contributed by atoms with E-state index < -0.39 is 0 Å². The van der Waals surface area contributed by atoms with Crippen molar-refractivity contribution in [1.29, 1.82) is 0 Å². The van der Waals surface area contributed by atoms with Crippen LogP contribution >= 0.6 is 15.9 Å². The normalized spacial score (nSPS) is 13.5. The summed E-state index contributed by atoms with van der Waals surface area (Å²) in [7, 11) is 1.96. The van der Waals surface area contributed by atoms with Crippen LogP contribution in [0.2, 0.25) is 0 Å². The van der Waals surface area contributed by atoms with E-state index in [9.17, 15) is 0 Å². The summed E-state index contributed by atoms with van der Waals surface area (Å²) in [6.45, 7) is 4.51. The molecule has 0 bridgehead atoms. The summed E-state index contributed by atoms with van der Waals surface area (Å²) < 4.78 is 1.86. The SMILES string of the molecule is CC(C)C(Br)CCCc1cnn(C)c1. The van der Waals surface area contributed by atoms with Crippen molar-refractivity contribution in [2.24, 2.45) is 13.0 Å². The van der Waals surface area contributed by atoms with Gasteiger partial charge < -0.3 is 0 Å². The quantitative estimate of drug-likeness (QED) is 0.743. The van der Waals surface area contributed by atoms with E-state index in [0.29, 0.717) is 4.83 Å². The molecule has 0 fully saturated rings. The molecule has 80 valence electrons. The average molecular weight is 259 g/mol. The van der Waals surface area contributed by atoms with Crippen LogP contribution in [0.4, 0.5) is 0 Å². The van der Waals surface area contributed by atoms with Crippen molar-refractivity contribution in [2.45, 2.75) is 37.9 Å². The van der Waals surface area contributed by atoms with Crippen LogP contribution in [0.25, 0.3) is 0 Å². The largest absolute Gasteiger partial charge is 0.276 e. The third kappa shape index (κ3) is 3.82. The minimum absolute atomic E-state index is 0.652. The molecule has 0 saturated heterocycles. The van der Waals surface area contributed by atoms with E-state index in [-0.39, 0.29) is 0 Å². The first-order valence-corrected chi connectivity index (χ1v) is 6.12. The Bertz CT molecular complexity index is 268. The molecular weight excluding hydrogens is 240 g/mol. The fourth-order valence-corrected chi connectivity index (χ4v) is 1.76. The smallest absolute Gasteiger partial charge is 0.0521 e. The third-order valence-corrected chi connectivity index (χ3v) is 3.94. The number of nitrogens with zero attached hydrogens (tertiary/aromatic N) is 2. The highest BCUT2D eigenvalue weighted by atomic mass is 79.9. The Morgan fingerprint density at radius 3 is 2.71 bits per heavy atom. The summed E-state index contributed by atoms with van der Waals surface area (Å²) >= 11 is 3.70. The highest BCUT2D eigenvalue weighted by molar-refractivity contribution is 9.09. The van der Waals surface area contributed by atoms with E-state index in [4.69, 9.17) is 0 Å². The van der Waals surface area contributed by atoms with Crippen molar-refractivity contribution in [3.63, 3.8) is 0 Å². The Balaban J connectivity index is 2.22. The summed E-state index contributed by atoms with van der Waals surface area (Å²) in [5.74, 6) is 0.726. The summed E-state index contributed by atoms with van der Waals surface area (Å²) in [6.07, 6.45) is 7.67. The Morgan fingerprint density at radius 2 is 2.21 bits per heavy atom. The first-order valence-electron chi connectivity index (χ1n) is 5.21. The van der Waals surface area contributed by atoms with Crippen LogP contribution < -0.4 is 0 Å². The lowest BCUT2D eigenvalue weighted by Crippen LogP contribution is -2.06. The van der Waals surface area contributed by atoms with Gasteiger partial charge in [-0.2, -0.15) is 5.10 Å². The maximum absolute atomic E-state index is 4.15. The molecule has 0 N–H and O–H groups in total. The zero-order valence-corrected chi connectivity index (χ0v) is 10.8. The van der Waals surface area contributed by atoms with Gasteiger partial charge in [-0.05, 0) is 30.7 Å². The lowest BCUT2D eigenvalue weighted by molar-refractivity contribution is 0.562. The number of hydrogen-bond donors (Lipinski definition) is 0. The molecule has 0 aliphatic carbocycles. The van der Waals surface area contributed by atoms with Gasteiger partial charge in [0.25, 0.3) is 0 Å². The minimum atomic E-state index is 0.652. The predicted octanol–water partition coefficient (Wildman–Crippen LogP) is 3.16. The Kier molecular flexibility index (Phi) is 4.66. The maximum Gasteiger partial charge on any atom is 0.0521 e. The molecule has 0 amide bonds. The fourth-order valence-electron chi connectivity index (χ4n) is 1.44. The lowest BCUT2D eigenvalue weighted by Gasteiger charge is -2.12. The molecule has 0 spiro atoms. The number of aryl methyl sites for hydroxylation is 2. The predicted molar refractivity (Wildman–Crippen MR) is 63.7 cm³/mol. The third-order valence-electron chi connectivity index (χ3n) is 2.43. The standard InChI is InChI=1S/C11H19BrN2/c1-9(2)11(12)6-4-5-10-7-13-14(3)8-10/h7-9,11H,4-6H2,1-3H3. The van der Waals surface area contributed by atoms with E-state index in [0.717, 1.165) is 12.3 Å². The second kappa shape index (κ2) is 5.54. The van der Waals surface area contributed by atoms with Gasteiger partial charge in [0.2, 0.25) is 0 Å². The molecule has 1 unspecified atom stereocenters. The van der Waals surface area contributed by atoms with Crippen LogP contribution in [0.3, 0.4) is 0 Å². The first-order chi connectivity index (χ1) is 6.59. The van der Waals surface area contributed by atoms with Crippen LogP contribution in [0, 0.1) is 5.92 Å². The fraction of sp³-hybridized carbons (Fsp3) is 0.727. The molecule has 0 aliphatic rings. The van der Waals surface area contributed by atoms with Gasteiger partial charge in [-0.3, -0.25) is 4.68 Å². The van der Waals surface area contributed by atoms with Crippen molar-refractivity contribution in [1.82, 2.24) is 9.78 Å². The van der Waals surface area contributed by atoms with E-state index in [2.05, 4.69) is 41.1 Å². The number of alkyl halides is 1. The summed E-state index contributed by atoms with van der Waals surface area (Å²) in [5.41, 5.74) is 1.34. The molecule has 1 heterocycles. The minimum Gasteiger partial charge on any atom is -0.276 e. The second-order valence-electron chi connectivity index (χ2n) is 4.17. The Hall–Kier alpha value is -0.310. The van der Waals surface area contributed by atoms with Gasteiger partial charge in [0.1, 0.15) is 0 Å². The molecular formula is C11H19BrN2. The van der Waals surface area contributed by atoms with Gasteiger partial charge in [-0.15, -0.1) is 0 Å². The molecule has 3 heteroatoms. The number of aromatic nitrogens is 2. The van der Waals surface area contributed by atoms with Gasteiger partial charge in [-0.1, -0.05) is 29.8 Å². The van der Waals surface area contributed by atoms with Gasteiger partial charge in [0.05, 0.1) is 6.20 Å². The molecule has 0 saturated carbocycles. The van der Waals surface area contributed by atoms with Crippen LogP contribution in [0.15, 0.2) is 12.4 Å². The van der Waals surface area contributed by atoms with Crippen LogP contribution in [-0.2, 0) is 13.5 Å². The number of rotatable bonds is 5. The van der Waals surface area contributed by atoms with E-state index in [1.165, 1.54) is 18.4 Å². The van der Waals surface area contributed by atoms with E-state index in [1.807, 2.05) is 17.9 Å². The summed E-state index contributed by atoms with van der Waals surface area (Å²) in [6, 6.07) is 0. The van der Waals surface area contributed by atoms with Gasteiger partial charge >= 0.3 is 0 Å². The van der Waals surface area contributed by atoms with Gasteiger partial charge in [0.15, 0.2) is 0 Å². The van der Waals surface area contributed by atoms with E-state index in [1.54, 1.807) is 0 Å². The lowest BCUT2D eigenvalue weighted by atomic mass is 10.0. The maximum atomic E-state index is 4.15. The second-order valence-corrected chi connectivity index (χ2v) is 5.35. The monoisotopic (exact) mass is 258 g/mol. The van der Waals surface area contributed by atoms with Gasteiger partial charge in [0, 0.05) is 18.1 Å². The average Bonchev–Trinajstić information content (AvgIpc) is 2.51. The molecule has 2 nitrogen and oxygen atoms in total. The number of hydrogen-bond acceptors (Lipinski definition) is 1. The topological polar surface area (TPSA) is 17.8 Å². The van der Waals surface area contributed by atoms with Crippen molar-refractivity contribution in [3.8, 4) is 0 Å². The summed E-state index contributed by atoms with van der Waals surface area (Å²) in [4.78, 5) is 0.652. The number of halogens is 1. The van der Waals surface area contributed by atoms with Crippen LogP contribution in [0.1, 0.15) is 32.3 Å². The Labute approximate surface area is 94.8 Å². The molecule has 1 aromatic rings. The molecule has 1 atom stereocenters. The van der Waals surface area contributed by atoms with Crippen molar-refractivity contribution >= 4 is 15.9 Å². The van der Waals surface area contributed by atoms with Gasteiger partial charge in [-0.25, -0.2) is 0 Å². The first kappa shape index (κ1) is 11.8. The molecule has 14 heavy (non-hydrogen) atoms. The highest BCUT2D eigenvalue weighted by Gasteiger charge is 2.08. The van der Waals surface area contributed by atoms with Crippen molar-refractivity contribution in [2.75, 3.05) is 0 Å².